The van der Waals surface area contributed by atoms with Gasteiger partial charge in [0.05, 0.1) is 6.10 Å². The van der Waals surface area contributed by atoms with Gasteiger partial charge in [-0.15, -0.1) is 0 Å². The summed E-state index contributed by atoms with van der Waals surface area (Å²) in [6.45, 7) is 13.3. The van der Waals surface area contributed by atoms with Crippen molar-refractivity contribution in [3.05, 3.63) is 0 Å². The van der Waals surface area contributed by atoms with Crippen molar-refractivity contribution in [1.29, 1.82) is 0 Å². The van der Waals surface area contributed by atoms with E-state index in [1.54, 1.807) is 0 Å². The maximum absolute atomic E-state index is 6.41. The zero-order valence-corrected chi connectivity index (χ0v) is 20.3. The normalized spacial score (nSPS) is 48.1. The minimum absolute atomic E-state index is 0.443. The first-order valence-corrected chi connectivity index (χ1v) is 13.1. The Morgan fingerprint density at radius 3 is 2.34 bits per heavy atom. The van der Waals surface area contributed by atoms with E-state index in [1.807, 2.05) is 0 Å². The molecule has 0 bridgehead atoms. The minimum atomic E-state index is 0.443. The summed E-state index contributed by atoms with van der Waals surface area (Å²) < 4.78 is 6.41. The highest BCUT2D eigenvalue weighted by Gasteiger charge is 2.60. The monoisotopic (exact) mass is 403 g/mol. The predicted molar refractivity (Wildman–Crippen MR) is 123 cm³/mol. The van der Waals surface area contributed by atoms with Gasteiger partial charge in [-0.25, -0.2) is 0 Å². The Morgan fingerprint density at radius 1 is 0.897 bits per heavy atom. The topological polar surface area (TPSA) is 21.3 Å². The second-order valence-electron chi connectivity index (χ2n) is 12.4. The van der Waals surface area contributed by atoms with Crippen LogP contribution < -0.4 is 5.32 Å². The standard InChI is InChI=1S/C27H49NO/c1-18(2)13-16-29-19(3)23-9-10-24-22-8-7-20-17-21(28-6)11-14-26(20,4)25(22)12-15-27(23,24)5/h18-25,28H,7-17H2,1-6H3/t19?,20?,21-,22?,23+,24?,25?,26-,27+/m0/s1. The van der Waals surface area contributed by atoms with Crippen molar-refractivity contribution in [2.24, 2.45) is 46.3 Å². The van der Waals surface area contributed by atoms with E-state index in [-0.39, 0.29) is 0 Å². The van der Waals surface area contributed by atoms with Gasteiger partial charge in [-0.05, 0) is 125 Å². The molecule has 4 aliphatic rings. The van der Waals surface area contributed by atoms with Gasteiger partial charge in [0, 0.05) is 12.6 Å². The highest BCUT2D eigenvalue weighted by Crippen LogP contribution is 2.67. The molecule has 9 atom stereocenters. The van der Waals surface area contributed by atoms with Crippen molar-refractivity contribution in [1.82, 2.24) is 5.32 Å². The molecule has 0 aromatic carbocycles. The smallest absolute Gasteiger partial charge is 0.0580 e. The van der Waals surface area contributed by atoms with Crippen LogP contribution in [-0.2, 0) is 4.74 Å². The molecule has 0 heterocycles. The minimum Gasteiger partial charge on any atom is -0.378 e. The Bertz CT molecular complexity index is 561. The maximum atomic E-state index is 6.41. The molecular weight excluding hydrogens is 354 g/mol. The van der Waals surface area contributed by atoms with Gasteiger partial charge in [0.1, 0.15) is 0 Å². The second-order valence-corrected chi connectivity index (χ2v) is 12.4. The summed E-state index contributed by atoms with van der Waals surface area (Å²) in [5.74, 6) is 5.45. The van der Waals surface area contributed by atoms with E-state index in [0.29, 0.717) is 16.9 Å². The number of ether oxygens (including phenoxy) is 1. The van der Waals surface area contributed by atoms with E-state index in [9.17, 15) is 0 Å². The van der Waals surface area contributed by atoms with E-state index < -0.39 is 0 Å². The predicted octanol–water partition coefficient (Wildman–Crippen LogP) is 6.68. The summed E-state index contributed by atoms with van der Waals surface area (Å²) in [6.07, 6.45) is 14.8. The van der Waals surface area contributed by atoms with Gasteiger partial charge in [-0.1, -0.05) is 27.7 Å². The molecule has 0 radical (unpaired) electrons. The maximum Gasteiger partial charge on any atom is 0.0580 e. The largest absolute Gasteiger partial charge is 0.378 e. The van der Waals surface area contributed by atoms with Gasteiger partial charge in [-0.3, -0.25) is 0 Å². The van der Waals surface area contributed by atoms with Gasteiger partial charge >= 0.3 is 0 Å². The third kappa shape index (κ3) is 3.84. The Morgan fingerprint density at radius 2 is 1.62 bits per heavy atom. The van der Waals surface area contributed by atoms with Gasteiger partial charge in [0.25, 0.3) is 0 Å². The highest BCUT2D eigenvalue weighted by atomic mass is 16.5. The molecule has 0 spiro atoms. The van der Waals surface area contributed by atoms with Gasteiger partial charge in [0.2, 0.25) is 0 Å². The molecular formula is C27H49NO. The van der Waals surface area contributed by atoms with Crippen molar-refractivity contribution in [3.63, 3.8) is 0 Å². The van der Waals surface area contributed by atoms with Crippen molar-refractivity contribution in [3.8, 4) is 0 Å². The lowest BCUT2D eigenvalue weighted by Crippen LogP contribution is -2.55. The van der Waals surface area contributed by atoms with Crippen molar-refractivity contribution < 1.29 is 4.74 Å². The average Bonchev–Trinajstić information content (AvgIpc) is 3.04. The molecule has 2 nitrogen and oxygen atoms in total. The molecule has 4 fully saturated rings. The number of hydrogen-bond donors (Lipinski definition) is 1. The Labute approximate surface area is 181 Å². The van der Waals surface area contributed by atoms with Crippen LogP contribution >= 0.6 is 0 Å². The van der Waals surface area contributed by atoms with E-state index in [4.69, 9.17) is 4.74 Å². The molecule has 1 N–H and O–H groups in total. The molecule has 2 heteroatoms. The van der Waals surface area contributed by atoms with Gasteiger partial charge < -0.3 is 10.1 Å². The molecule has 0 aromatic heterocycles. The highest BCUT2D eigenvalue weighted by molar-refractivity contribution is 5.10. The van der Waals surface area contributed by atoms with Crippen molar-refractivity contribution in [2.75, 3.05) is 13.7 Å². The summed E-state index contributed by atoms with van der Waals surface area (Å²) in [5, 5.41) is 3.60. The Balaban J connectivity index is 1.45. The summed E-state index contributed by atoms with van der Waals surface area (Å²) in [4.78, 5) is 0. The molecule has 0 amide bonds. The summed E-state index contributed by atoms with van der Waals surface area (Å²) >= 11 is 0. The summed E-state index contributed by atoms with van der Waals surface area (Å²) in [5.41, 5.74) is 1.15. The van der Waals surface area contributed by atoms with Crippen LogP contribution in [0.4, 0.5) is 0 Å². The number of rotatable bonds is 6. The van der Waals surface area contributed by atoms with Crippen LogP contribution in [0.1, 0.15) is 98.8 Å². The van der Waals surface area contributed by atoms with Gasteiger partial charge in [-0.2, -0.15) is 0 Å². The molecule has 168 valence electrons. The van der Waals surface area contributed by atoms with Crippen LogP contribution in [0, 0.1) is 46.3 Å². The van der Waals surface area contributed by atoms with E-state index in [2.05, 4.69) is 47.0 Å². The lowest BCUT2D eigenvalue weighted by atomic mass is 9.44. The molecule has 4 aliphatic carbocycles. The van der Waals surface area contributed by atoms with Crippen LogP contribution in [0.2, 0.25) is 0 Å². The SMILES string of the molecule is CN[C@H]1CC[C@@]2(C)C(CCC3C2CC[C@@]2(C)C3CC[C@@H]2C(C)OCCC(C)C)C1. The average molecular weight is 404 g/mol. The summed E-state index contributed by atoms with van der Waals surface area (Å²) in [6, 6.07) is 0.776. The molecule has 0 aromatic rings. The molecule has 5 unspecified atom stereocenters. The van der Waals surface area contributed by atoms with E-state index in [1.165, 1.54) is 64.2 Å². The first-order valence-electron chi connectivity index (χ1n) is 13.1. The van der Waals surface area contributed by atoms with Crippen LogP contribution in [0.3, 0.4) is 0 Å². The van der Waals surface area contributed by atoms with Crippen LogP contribution in [0.25, 0.3) is 0 Å². The second kappa shape index (κ2) is 8.45. The zero-order valence-electron chi connectivity index (χ0n) is 20.3. The number of nitrogens with one attached hydrogen (secondary N) is 1. The van der Waals surface area contributed by atoms with Crippen molar-refractivity contribution >= 4 is 0 Å². The van der Waals surface area contributed by atoms with Gasteiger partial charge in [0.15, 0.2) is 0 Å². The fourth-order valence-corrected chi connectivity index (χ4v) is 8.94. The van der Waals surface area contributed by atoms with Crippen molar-refractivity contribution in [2.45, 2.75) is 111 Å². The van der Waals surface area contributed by atoms with Crippen LogP contribution in [0.5, 0.6) is 0 Å². The zero-order chi connectivity index (χ0) is 20.8. The summed E-state index contributed by atoms with van der Waals surface area (Å²) in [7, 11) is 2.17. The van der Waals surface area contributed by atoms with Crippen LogP contribution in [0.15, 0.2) is 0 Å². The molecule has 4 saturated carbocycles. The lowest BCUT2D eigenvalue weighted by molar-refractivity contribution is -0.126. The van der Waals surface area contributed by atoms with Crippen LogP contribution in [-0.4, -0.2) is 25.8 Å². The Hall–Kier alpha value is -0.0800. The first-order chi connectivity index (χ1) is 13.8. The molecule has 29 heavy (non-hydrogen) atoms. The fourth-order valence-electron chi connectivity index (χ4n) is 8.94. The molecule has 4 rings (SSSR count). The number of hydrogen-bond acceptors (Lipinski definition) is 2. The number of fused-ring (bicyclic) bond motifs is 5. The first kappa shape index (κ1) is 22.1. The third-order valence-corrected chi connectivity index (χ3v) is 10.8. The van der Waals surface area contributed by atoms with E-state index in [0.717, 1.165) is 48.2 Å². The fraction of sp³-hybridized carbons (Fsp3) is 1.00. The quantitative estimate of drug-likeness (QED) is 0.534. The Kier molecular flexibility index (Phi) is 6.45. The lowest BCUT2D eigenvalue weighted by Gasteiger charge is -2.61. The molecule has 0 aliphatic heterocycles. The third-order valence-electron chi connectivity index (χ3n) is 10.8. The van der Waals surface area contributed by atoms with E-state index >= 15 is 0 Å². The molecule has 0 saturated heterocycles.